The number of nitrogens with one attached hydrogen (secondary N) is 1. The van der Waals surface area contributed by atoms with Gasteiger partial charge in [0.2, 0.25) is 0 Å². The van der Waals surface area contributed by atoms with Gasteiger partial charge in [0, 0.05) is 23.5 Å². The standard InChI is InChI=1S/C12H18N2OS/c1-3-14(2)8-7-13-12(15)10-5-4-6-11(16)9-10/h4-6,9,16H,3,7-8H2,1-2H3,(H,13,15). The first kappa shape index (κ1) is 13.1. The van der Waals surface area contributed by atoms with Gasteiger partial charge in [0.05, 0.1) is 0 Å². The second kappa shape index (κ2) is 6.55. The lowest BCUT2D eigenvalue weighted by atomic mass is 10.2. The zero-order chi connectivity index (χ0) is 12.0. The second-order valence-corrected chi connectivity index (χ2v) is 4.22. The van der Waals surface area contributed by atoms with E-state index in [4.69, 9.17) is 0 Å². The topological polar surface area (TPSA) is 32.3 Å². The lowest BCUT2D eigenvalue weighted by molar-refractivity contribution is 0.0950. The van der Waals surface area contributed by atoms with Crippen molar-refractivity contribution in [2.24, 2.45) is 0 Å². The molecule has 4 heteroatoms. The summed E-state index contributed by atoms with van der Waals surface area (Å²) in [5.74, 6) is -0.0413. The van der Waals surface area contributed by atoms with Crippen LogP contribution in [0.3, 0.4) is 0 Å². The summed E-state index contributed by atoms with van der Waals surface area (Å²) < 4.78 is 0. The number of hydrogen-bond donors (Lipinski definition) is 2. The first-order valence-electron chi connectivity index (χ1n) is 5.39. The van der Waals surface area contributed by atoms with Crippen LogP contribution in [0.2, 0.25) is 0 Å². The summed E-state index contributed by atoms with van der Waals surface area (Å²) in [6.07, 6.45) is 0. The van der Waals surface area contributed by atoms with E-state index in [0.29, 0.717) is 12.1 Å². The Hall–Kier alpha value is -1.00. The van der Waals surface area contributed by atoms with Crippen molar-refractivity contribution in [1.29, 1.82) is 0 Å². The van der Waals surface area contributed by atoms with E-state index in [1.54, 1.807) is 12.1 Å². The molecule has 0 bridgehead atoms. The number of thiol groups is 1. The molecule has 1 aromatic rings. The zero-order valence-electron chi connectivity index (χ0n) is 9.73. The van der Waals surface area contributed by atoms with Gasteiger partial charge in [-0.05, 0) is 31.8 Å². The molecule has 0 saturated carbocycles. The van der Waals surface area contributed by atoms with E-state index in [9.17, 15) is 4.79 Å². The molecule has 1 rings (SSSR count). The molecule has 0 saturated heterocycles. The Morgan fingerprint density at radius 3 is 2.88 bits per heavy atom. The van der Waals surface area contributed by atoms with Crippen molar-refractivity contribution in [3.8, 4) is 0 Å². The van der Waals surface area contributed by atoms with Crippen molar-refractivity contribution in [2.75, 3.05) is 26.7 Å². The quantitative estimate of drug-likeness (QED) is 0.765. The number of likely N-dealkylation sites (N-methyl/N-ethyl adjacent to an activating group) is 1. The van der Waals surface area contributed by atoms with Gasteiger partial charge in [0.25, 0.3) is 5.91 Å². The van der Waals surface area contributed by atoms with E-state index in [0.717, 1.165) is 18.0 Å². The van der Waals surface area contributed by atoms with E-state index in [2.05, 4.69) is 29.8 Å². The van der Waals surface area contributed by atoms with Crippen molar-refractivity contribution < 1.29 is 4.79 Å². The Balaban J connectivity index is 2.41. The van der Waals surface area contributed by atoms with Gasteiger partial charge in [-0.15, -0.1) is 12.6 Å². The Morgan fingerprint density at radius 1 is 1.50 bits per heavy atom. The normalized spacial score (nSPS) is 10.5. The Morgan fingerprint density at radius 2 is 2.25 bits per heavy atom. The third-order valence-corrected chi connectivity index (χ3v) is 2.71. The third kappa shape index (κ3) is 4.24. The summed E-state index contributed by atoms with van der Waals surface area (Å²) in [7, 11) is 2.03. The SMILES string of the molecule is CCN(C)CCNC(=O)c1cccc(S)c1. The molecule has 0 aromatic heterocycles. The van der Waals surface area contributed by atoms with Crippen LogP contribution in [0, 0.1) is 0 Å². The van der Waals surface area contributed by atoms with Gasteiger partial charge in [-0.1, -0.05) is 13.0 Å². The van der Waals surface area contributed by atoms with Gasteiger partial charge in [0.15, 0.2) is 0 Å². The molecule has 1 amide bonds. The number of nitrogens with zero attached hydrogens (tertiary/aromatic N) is 1. The number of carbonyl (C=O) groups excluding carboxylic acids is 1. The molecule has 0 aliphatic heterocycles. The number of hydrogen-bond acceptors (Lipinski definition) is 3. The Kier molecular flexibility index (Phi) is 5.35. The summed E-state index contributed by atoms with van der Waals surface area (Å²) >= 11 is 4.20. The summed E-state index contributed by atoms with van der Waals surface area (Å²) in [6.45, 7) is 4.61. The largest absolute Gasteiger partial charge is 0.351 e. The fourth-order valence-electron chi connectivity index (χ4n) is 1.27. The minimum Gasteiger partial charge on any atom is -0.351 e. The second-order valence-electron chi connectivity index (χ2n) is 3.70. The number of benzene rings is 1. The summed E-state index contributed by atoms with van der Waals surface area (Å²) in [6, 6.07) is 7.24. The van der Waals surface area contributed by atoms with Crippen LogP contribution in [0.4, 0.5) is 0 Å². The van der Waals surface area contributed by atoms with Gasteiger partial charge in [-0.3, -0.25) is 4.79 Å². The van der Waals surface area contributed by atoms with E-state index in [1.807, 2.05) is 19.2 Å². The van der Waals surface area contributed by atoms with Crippen LogP contribution in [0.15, 0.2) is 29.2 Å². The van der Waals surface area contributed by atoms with E-state index >= 15 is 0 Å². The van der Waals surface area contributed by atoms with Crippen molar-refractivity contribution in [3.63, 3.8) is 0 Å². The smallest absolute Gasteiger partial charge is 0.251 e. The molecule has 0 atom stereocenters. The monoisotopic (exact) mass is 238 g/mol. The fourth-order valence-corrected chi connectivity index (χ4v) is 1.49. The first-order chi connectivity index (χ1) is 7.63. The summed E-state index contributed by atoms with van der Waals surface area (Å²) in [5, 5.41) is 2.88. The van der Waals surface area contributed by atoms with Crippen LogP contribution in [-0.4, -0.2) is 37.5 Å². The highest BCUT2D eigenvalue weighted by atomic mass is 32.1. The number of amides is 1. The molecule has 0 aliphatic rings. The molecular formula is C12H18N2OS. The minimum atomic E-state index is -0.0413. The molecular weight excluding hydrogens is 220 g/mol. The third-order valence-electron chi connectivity index (χ3n) is 2.43. The maximum atomic E-state index is 11.7. The molecule has 16 heavy (non-hydrogen) atoms. The Bertz CT molecular complexity index is 355. The first-order valence-corrected chi connectivity index (χ1v) is 5.84. The van der Waals surface area contributed by atoms with Crippen LogP contribution in [0.5, 0.6) is 0 Å². The highest BCUT2D eigenvalue weighted by Crippen LogP contribution is 2.08. The van der Waals surface area contributed by atoms with Crippen molar-refractivity contribution in [1.82, 2.24) is 10.2 Å². The predicted molar refractivity (Wildman–Crippen MR) is 69.2 cm³/mol. The average Bonchev–Trinajstić information content (AvgIpc) is 2.28. The minimum absolute atomic E-state index is 0.0413. The summed E-state index contributed by atoms with van der Waals surface area (Å²) in [4.78, 5) is 14.7. The molecule has 1 N–H and O–H groups in total. The van der Waals surface area contributed by atoms with Crippen LogP contribution in [0.1, 0.15) is 17.3 Å². The van der Waals surface area contributed by atoms with Crippen LogP contribution in [-0.2, 0) is 0 Å². The van der Waals surface area contributed by atoms with Crippen LogP contribution >= 0.6 is 12.6 Å². The van der Waals surface area contributed by atoms with Crippen LogP contribution in [0.25, 0.3) is 0 Å². The van der Waals surface area contributed by atoms with Gasteiger partial charge in [0.1, 0.15) is 0 Å². The van der Waals surface area contributed by atoms with E-state index in [1.165, 1.54) is 0 Å². The average molecular weight is 238 g/mol. The highest BCUT2D eigenvalue weighted by Gasteiger charge is 2.04. The molecule has 0 fully saturated rings. The summed E-state index contributed by atoms with van der Waals surface area (Å²) in [5.41, 5.74) is 0.659. The lowest BCUT2D eigenvalue weighted by Crippen LogP contribution is -2.32. The zero-order valence-corrected chi connectivity index (χ0v) is 10.6. The van der Waals surface area contributed by atoms with E-state index in [-0.39, 0.29) is 5.91 Å². The maximum absolute atomic E-state index is 11.7. The van der Waals surface area contributed by atoms with Gasteiger partial charge in [-0.2, -0.15) is 0 Å². The number of carbonyl (C=O) groups is 1. The van der Waals surface area contributed by atoms with Crippen LogP contribution < -0.4 is 5.32 Å². The van der Waals surface area contributed by atoms with Crippen molar-refractivity contribution in [2.45, 2.75) is 11.8 Å². The van der Waals surface area contributed by atoms with Crippen molar-refractivity contribution in [3.05, 3.63) is 29.8 Å². The molecule has 0 aliphatic carbocycles. The highest BCUT2D eigenvalue weighted by molar-refractivity contribution is 7.80. The Labute approximate surface area is 102 Å². The van der Waals surface area contributed by atoms with Crippen molar-refractivity contribution >= 4 is 18.5 Å². The molecule has 0 unspecified atom stereocenters. The molecule has 1 aromatic carbocycles. The molecule has 88 valence electrons. The molecule has 0 heterocycles. The maximum Gasteiger partial charge on any atom is 0.251 e. The molecule has 0 radical (unpaired) electrons. The predicted octanol–water partition coefficient (Wildman–Crippen LogP) is 1.66. The molecule has 3 nitrogen and oxygen atoms in total. The molecule has 0 spiro atoms. The fraction of sp³-hybridized carbons (Fsp3) is 0.417. The van der Waals surface area contributed by atoms with Gasteiger partial charge in [-0.25, -0.2) is 0 Å². The van der Waals surface area contributed by atoms with Gasteiger partial charge < -0.3 is 10.2 Å². The lowest BCUT2D eigenvalue weighted by Gasteiger charge is -2.13. The van der Waals surface area contributed by atoms with Gasteiger partial charge >= 0.3 is 0 Å². The van der Waals surface area contributed by atoms with E-state index < -0.39 is 0 Å². The number of rotatable bonds is 5.